The van der Waals surface area contributed by atoms with Gasteiger partial charge < -0.3 is 16.6 Å². The predicted molar refractivity (Wildman–Crippen MR) is 78.6 cm³/mol. The molecule has 2 aromatic rings. The van der Waals surface area contributed by atoms with Crippen molar-refractivity contribution < 1.29 is 14.7 Å². The number of nitrogen functional groups attached to an aromatic ring is 1. The summed E-state index contributed by atoms with van der Waals surface area (Å²) in [5.74, 6) is -1.35. The van der Waals surface area contributed by atoms with E-state index in [-0.39, 0.29) is 17.8 Å². The first-order chi connectivity index (χ1) is 9.97. The molecular formula is C15H15N3O3. The van der Waals surface area contributed by atoms with Gasteiger partial charge in [0.25, 0.3) is 5.91 Å². The molecule has 2 rings (SSSR count). The van der Waals surface area contributed by atoms with Crippen molar-refractivity contribution >= 4 is 17.7 Å². The minimum Gasteiger partial charge on any atom is -0.481 e. The maximum Gasteiger partial charge on any atom is 0.303 e. The van der Waals surface area contributed by atoms with Crippen LogP contribution in [-0.2, 0) is 11.2 Å². The monoisotopic (exact) mass is 285 g/mol. The lowest BCUT2D eigenvalue weighted by Crippen LogP contribution is -2.14. The van der Waals surface area contributed by atoms with Gasteiger partial charge in [0.1, 0.15) is 5.82 Å². The fourth-order valence-electron chi connectivity index (χ4n) is 1.95. The summed E-state index contributed by atoms with van der Waals surface area (Å²) in [6, 6.07) is 8.97. The highest BCUT2D eigenvalue weighted by Gasteiger charge is 2.09. The van der Waals surface area contributed by atoms with Crippen LogP contribution in [0.4, 0.5) is 5.82 Å². The smallest absolute Gasteiger partial charge is 0.303 e. The number of carboxylic acid groups (broad SMARTS) is 1. The van der Waals surface area contributed by atoms with Gasteiger partial charge in [0.05, 0.1) is 5.56 Å². The number of aryl methyl sites for hydroxylation is 1. The maximum atomic E-state index is 11.3. The Morgan fingerprint density at radius 1 is 1.14 bits per heavy atom. The van der Waals surface area contributed by atoms with Crippen molar-refractivity contribution in [3.05, 3.63) is 47.7 Å². The standard InChI is InChI=1S/C15H15N3O3/c16-14-12(15(17)21)7-11(8-18-14)10-4-1-9(2-5-10)3-6-13(19)20/h1-2,4-5,7-8H,3,6H2,(H2,16,18)(H2,17,21)(H,19,20). The molecular weight excluding hydrogens is 270 g/mol. The van der Waals surface area contributed by atoms with Gasteiger partial charge in [-0.15, -0.1) is 0 Å². The van der Waals surface area contributed by atoms with E-state index in [0.717, 1.165) is 16.7 Å². The van der Waals surface area contributed by atoms with E-state index in [1.165, 1.54) is 0 Å². The zero-order valence-corrected chi connectivity index (χ0v) is 11.2. The van der Waals surface area contributed by atoms with Gasteiger partial charge in [0.2, 0.25) is 0 Å². The number of carbonyl (C=O) groups is 2. The van der Waals surface area contributed by atoms with Crippen molar-refractivity contribution in [1.82, 2.24) is 4.98 Å². The minimum atomic E-state index is -0.826. The van der Waals surface area contributed by atoms with Crippen LogP contribution >= 0.6 is 0 Å². The third-order valence-corrected chi connectivity index (χ3v) is 3.10. The quantitative estimate of drug-likeness (QED) is 0.768. The van der Waals surface area contributed by atoms with Crippen LogP contribution in [-0.4, -0.2) is 22.0 Å². The summed E-state index contributed by atoms with van der Waals surface area (Å²) in [4.78, 5) is 25.7. The number of carbonyl (C=O) groups excluding carboxylic acids is 1. The van der Waals surface area contributed by atoms with Gasteiger partial charge >= 0.3 is 5.97 Å². The Kier molecular flexibility index (Phi) is 4.18. The Balaban J connectivity index is 2.24. The Hall–Kier alpha value is -2.89. The Morgan fingerprint density at radius 3 is 2.38 bits per heavy atom. The van der Waals surface area contributed by atoms with E-state index >= 15 is 0 Å². The van der Waals surface area contributed by atoms with Crippen LogP contribution in [0.15, 0.2) is 36.5 Å². The van der Waals surface area contributed by atoms with Gasteiger partial charge in [-0.1, -0.05) is 24.3 Å². The Bertz CT molecular complexity index is 681. The topological polar surface area (TPSA) is 119 Å². The Labute approximate surface area is 121 Å². The number of primary amides is 1. The van der Waals surface area contributed by atoms with Gasteiger partial charge in [0, 0.05) is 18.2 Å². The molecule has 1 heterocycles. The summed E-state index contributed by atoms with van der Waals surface area (Å²) in [5, 5.41) is 8.65. The van der Waals surface area contributed by atoms with Crippen molar-refractivity contribution in [2.75, 3.05) is 5.73 Å². The van der Waals surface area contributed by atoms with Gasteiger partial charge in [0.15, 0.2) is 0 Å². The van der Waals surface area contributed by atoms with Crippen molar-refractivity contribution in [2.45, 2.75) is 12.8 Å². The number of benzene rings is 1. The van der Waals surface area contributed by atoms with E-state index in [2.05, 4.69) is 4.98 Å². The molecule has 6 heteroatoms. The number of nitrogens with two attached hydrogens (primary N) is 2. The average molecular weight is 285 g/mol. The molecule has 0 saturated carbocycles. The number of pyridine rings is 1. The fourth-order valence-corrected chi connectivity index (χ4v) is 1.95. The van der Waals surface area contributed by atoms with E-state index < -0.39 is 11.9 Å². The molecule has 0 saturated heterocycles. The second-order valence-corrected chi connectivity index (χ2v) is 4.61. The third-order valence-electron chi connectivity index (χ3n) is 3.10. The van der Waals surface area contributed by atoms with Crippen LogP contribution in [0.5, 0.6) is 0 Å². The molecule has 1 aromatic carbocycles. The largest absolute Gasteiger partial charge is 0.481 e. The number of anilines is 1. The number of carboxylic acids is 1. The number of hydrogen-bond donors (Lipinski definition) is 3. The van der Waals surface area contributed by atoms with Crippen LogP contribution in [0.3, 0.4) is 0 Å². The predicted octanol–water partition coefficient (Wildman–Crippen LogP) is 1.45. The molecule has 0 aliphatic carbocycles. The highest BCUT2D eigenvalue weighted by atomic mass is 16.4. The molecule has 0 aliphatic rings. The second kappa shape index (κ2) is 6.04. The average Bonchev–Trinajstić information content (AvgIpc) is 2.46. The van der Waals surface area contributed by atoms with Crippen LogP contribution < -0.4 is 11.5 Å². The van der Waals surface area contributed by atoms with E-state index in [1.54, 1.807) is 12.3 Å². The van der Waals surface area contributed by atoms with Gasteiger partial charge in [-0.25, -0.2) is 4.98 Å². The summed E-state index contributed by atoms with van der Waals surface area (Å²) in [6.45, 7) is 0. The highest BCUT2D eigenvalue weighted by molar-refractivity contribution is 5.98. The van der Waals surface area contributed by atoms with Crippen LogP contribution in [0, 0.1) is 0 Å². The van der Waals surface area contributed by atoms with Crippen molar-refractivity contribution in [1.29, 1.82) is 0 Å². The van der Waals surface area contributed by atoms with Gasteiger partial charge in [-0.2, -0.15) is 0 Å². The third kappa shape index (κ3) is 3.56. The van der Waals surface area contributed by atoms with Crippen LogP contribution in [0.1, 0.15) is 22.3 Å². The second-order valence-electron chi connectivity index (χ2n) is 4.61. The van der Waals surface area contributed by atoms with Crippen LogP contribution in [0.2, 0.25) is 0 Å². The molecule has 1 aromatic heterocycles. The first-order valence-electron chi connectivity index (χ1n) is 6.34. The highest BCUT2D eigenvalue weighted by Crippen LogP contribution is 2.22. The van der Waals surface area contributed by atoms with E-state index in [9.17, 15) is 9.59 Å². The lowest BCUT2D eigenvalue weighted by molar-refractivity contribution is -0.136. The van der Waals surface area contributed by atoms with E-state index in [4.69, 9.17) is 16.6 Å². The first kappa shape index (κ1) is 14.5. The molecule has 0 atom stereocenters. The molecule has 0 bridgehead atoms. The van der Waals surface area contributed by atoms with Crippen molar-refractivity contribution in [2.24, 2.45) is 5.73 Å². The zero-order valence-electron chi connectivity index (χ0n) is 11.2. The Morgan fingerprint density at radius 2 is 1.81 bits per heavy atom. The lowest BCUT2D eigenvalue weighted by atomic mass is 10.0. The van der Waals surface area contributed by atoms with E-state index in [1.807, 2.05) is 24.3 Å². The molecule has 0 radical (unpaired) electrons. The number of aromatic nitrogens is 1. The van der Waals surface area contributed by atoms with Crippen molar-refractivity contribution in [3.8, 4) is 11.1 Å². The molecule has 0 aliphatic heterocycles. The molecule has 5 N–H and O–H groups in total. The van der Waals surface area contributed by atoms with Gasteiger partial charge in [-0.3, -0.25) is 9.59 Å². The summed E-state index contributed by atoms with van der Waals surface area (Å²) < 4.78 is 0. The number of hydrogen-bond acceptors (Lipinski definition) is 4. The summed E-state index contributed by atoms with van der Waals surface area (Å²) in [5.41, 5.74) is 13.5. The summed E-state index contributed by atoms with van der Waals surface area (Å²) in [7, 11) is 0. The number of nitrogens with zero attached hydrogens (tertiary/aromatic N) is 1. The van der Waals surface area contributed by atoms with Crippen molar-refractivity contribution in [3.63, 3.8) is 0 Å². The van der Waals surface area contributed by atoms with E-state index in [0.29, 0.717) is 6.42 Å². The number of amides is 1. The maximum absolute atomic E-state index is 11.3. The van der Waals surface area contributed by atoms with Gasteiger partial charge in [-0.05, 0) is 23.6 Å². The molecule has 108 valence electrons. The SMILES string of the molecule is NC(=O)c1cc(-c2ccc(CCC(=O)O)cc2)cnc1N. The minimum absolute atomic E-state index is 0.0919. The normalized spacial score (nSPS) is 10.3. The molecule has 6 nitrogen and oxygen atoms in total. The molecule has 0 unspecified atom stereocenters. The molecule has 21 heavy (non-hydrogen) atoms. The molecule has 0 spiro atoms. The van der Waals surface area contributed by atoms with Crippen LogP contribution in [0.25, 0.3) is 11.1 Å². The number of rotatable bonds is 5. The first-order valence-corrected chi connectivity index (χ1v) is 6.34. The lowest BCUT2D eigenvalue weighted by Gasteiger charge is -2.06. The summed E-state index contributed by atoms with van der Waals surface area (Å²) >= 11 is 0. The molecule has 0 fully saturated rings. The molecule has 1 amide bonds. The number of aliphatic carboxylic acids is 1. The summed E-state index contributed by atoms with van der Waals surface area (Å²) in [6.07, 6.45) is 2.13. The fraction of sp³-hybridized carbons (Fsp3) is 0.133. The zero-order chi connectivity index (χ0) is 15.4.